The van der Waals surface area contributed by atoms with E-state index in [0.29, 0.717) is 0 Å². The Hall–Kier alpha value is -0.210. The normalized spacial score (nSPS) is 16.1. The maximum atomic E-state index is 10.5. The summed E-state index contributed by atoms with van der Waals surface area (Å²) >= 11 is 0. The van der Waals surface area contributed by atoms with Gasteiger partial charge in [0.2, 0.25) is 0 Å². The molecule has 0 bridgehead atoms. The first-order chi connectivity index (χ1) is 5.17. The lowest BCUT2D eigenvalue weighted by molar-refractivity contribution is -0.349. The maximum Gasteiger partial charge on any atom is 0.304 e. The van der Waals surface area contributed by atoms with Crippen molar-refractivity contribution < 1.29 is 27.9 Å². The van der Waals surface area contributed by atoms with Gasteiger partial charge in [-0.2, -0.15) is 8.42 Å². The quantitative estimate of drug-likeness (QED) is 0.372. The Bertz CT molecular complexity index is 225. The fourth-order valence-corrected chi connectivity index (χ4v) is 1.30. The van der Waals surface area contributed by atoms with Crippen molar-refractivity contribution in [1.29, 1.82) is 0 Å². The minimum atomic E-state index is -3.80. The minimum Gasteiger partial charge on any atom is -0.342 e. The van der Waals surface area contributed by atoms with Crippen molar-refractivity contribution >= 4 is 10.1 Å². The van der Waals surface area contributed by atoms with Crippen molar-refractivity contribution in [2.75, 3.05) is 6.26 Å². The first kappa shape index (κ1) is 11.8. The van der Waals surface area contributed by atoms with Gasteiger partial charge in [0.1, 0.15) is 0 Å². The highest BCUT2D eigenvalue weighted by Crippen LogP contribution is 2.12. The van der Waals surface area contributed by atoms with Crippen molar-refractivity contribution in [2.24, 2.45) is 0 Å². The summed E-state index contributed by atoms with van der Waals surface area (Å²) in [5.74, 6) is -3.13. The molecule has 6 nitrogen and oxygen atoms in total. The van der Waals surface area contributed by atoms with Gasteiger partial charge in [-0.25, -0.2) is 0 Å². The first-order valence-electron chi connectivity index (χ1n) is 3.22. The molecule has 0 saturated heterocycles. The molecule has 0 amide bonds. The molecule has 12 heavy (non-hydrogen) atoms. The lowest BCUT2D eigenvalue weighted by Crippen LogP contribution is -2.44. The van der Waals surface area contributed by atoms with Crippen molar-refractivity contribution in [3.8, 4) is 0 Å². The third kappa shape index (κ3) is 4.62. The highest BCUT2D eigenvalue weighted by molar-refractivity contribution is 7.86. The number of hydrogen-bond donors (Lipinski definition) is 3. The summed E-state index contributed by atoms with van der Waals surface area (Å²) < 4.78 is 25.2. The third-order valence-electron chi connectivity index (χ3n) is 1.09. The van der Waals surface area contributed by atoms with Gasteiger partial charge in [0, 0.05) is 0 Å². The van der Waals surface area contributed by atoms with Crippen LogP contribution in [0.5, 0.6) is 0 Å². The molecule has 74 valence electrons. The highest BCUT2D eigenvalue weighted by atomic mass is 32.2. The minimum absolute atomic E-state index is 0.0451. The molecule has 0 heterocycles. The summed E-state index contributed by atoms with van der Waals surface area (Å²) in [6.45, 7) is 1.44. The topological polar surface area (TPSA) is 104 Å². The van der Waals surface area contributed by atoms with Crippen LogP contribution in [0.4, 0.5) is 0 Å². The van der Waals surface area contributed by atoms with E-state index in [4.69, 9.17) is 15.3 Å². The second-order valence-corrected chi connectivity index (χ2v) is 3.99. The first-order valence-corrected chi connectivity index (χ1v) is 5.04. The van der Waals surface area contributed by atoms with E-state index in [1.54, 1.807) is 0 Å². The molecule has 0 fully saturated rings. The molecule has 0 radical (unpaired) electrons. The van der Waals surface area contributed by atoms with E-state index in [-0.39, 0.29) is 6.42 Å². The van der Waals surface area contributed by atoms with Gasteiger partial charge in [-0.3, -0.25) is 4.18 Å². The Labute approximate surface area is 70.5 Å². The Morgan fingerprint density at radius 3 is 1.92 bits per heavy atom. The number of hydrogen-bond acceptors (Lipinski definition) is 6. The van der Waals surface area contributed by atoms with Crippen LogP contribution >= 0.6 is 0 Å². The number of rotatable bonds is 4. The van der Waals surface area contributed by atoms with Gasteiger partial charge in [-0.15, -0.1) is 0 Å². The van der Waals surface area contributed by atoms with Gasteiger partial charge in [0.25, 0.3) is 10.1 Å². The average Bonchev–Trinajstić information content (AvgIpc) is 1.78. The average molecular weight is 200 g/mol. The Morgan fingerprint density at radius 1 is 1.42 bits per heavy atom. The van der Waals surface area contributed by atoms with Crippen LogP contribution in [0, 0.1) is 0 Å². The zero-order chi connectivity index (χ0) is 9.99. The van der Waals surface area contributed by atoms with Crippen molar-refractivity contribution in [3.63, 3.8) is 0 Å². The van der Waals surface area contributed by atoms with E-state index in [9.17, 15) is 8.42 Å². The van der Waals surface area contributed by atoms with Crippen LogP contribution in [-0.2, 0) is 14.3 Å². The monoisotopic (exact) mass is 200 g/mol. The molecule has 0 aliphatic carbocycles. The maximum absolute atomic E-state index is 10.5. The van der Waals surface area contributed by atoms with Gasteiger partial charge < -0.3 is 15.3 Å². The fraction of sp³-hybridized carbons (Fsp3) is 1.00. The largest absolute Gasteiger partial charge is 0.342 e. The van der Waals surface area contributed by atoms with Crippen LogP contribution < -0.4 is 0 Å². The van der Waals surface area contributed by atoms with Crippen molar-refractivity contribution in [2.45, 2.75) is 25.4 Å². The lowest BCUT2D eigenvalue weighted by Gasteiger charge is -2.23. The molecule has 1 atom stereocenters. The van der Waals surface area contributed by atoms with Gasteiger partial charge in [-0.1, -0.05) is 6.92 Å². The molecular weight excluding hydrogens is 188 g/mol. The highest BCUT2D eigenvalue weighted by Gasteiger charge is 2.34. The van der Waals surface area contributed by atoms with Crippen LogP contribution in [0.2, 0.25) is 0 Å². The van der Waals surface area contributed by atoms with E-state index in [2.05, 4.69) is 4.18 Å². The molecule has 1 unspecified atom stereocenters. The fourth-order valence-electron chi connectivity index (χ4n) is 0.617. The van der Waals surface area contributed by atoms with Crippen molar-refractivity contribution in [3.05, 3.63) is 0 Å². The van der Waals surface area contributed by atoms with Crippen LogP contribution in [0.15, 0.2) is 0 Å². The summed E-state index contributed by atoms with van der Waals surface area (Å²) in [6.07, 6.45) is -0.856. The summed E-state index contributed by atoms with van der Waals surface area (Å²) in [4.78, 5) is 0. The zero-order valence-corrected chi connectivity index (χ0v) is 7.58. The van der Waals surface area contributed by atoms with E-state index >= 15 is 0 Å². The summed E-state index contributed by atoms with van der Waals surface area (Å²) in [7, 11) is -3.80. The molecule has 0 spiro atoms. The standard InChI is InChI=1S/C5H12O6S/c1-3-4(5(6,7)8)11-12(2,9)10/h4,6-8H,3H2,1-2H3. The molecule has 0 aliphatic heterocycles. The zero-order valence-electron chi connectivity index (χ0n) is 6.76. The van der Waals surface area contributed by atoms with E-state index in [1.807, 2.05) is 0 Å². The molecule has 0 aliphatic rings. The second kappa shape index (κ2) is 3.67. The summed E-state index contributed by atoms with van der Waals surface area (Å²) in [5.41, 5.74) is 0. The smallest absolute Gasteiger partial charge is 0.304 e. The third-order valence-corrected chi connectivity index (χ3v) is 1.68. The molecule has 0 aromatic rings. The van der Waals surface area contributed by atoms with Crippen molar-refractivity contribution in [1.82, 2.24) is 0 Å². The summed E-state index contributed by atoms with van der Waals surface area (Å²) in [5, 5.41) is 25.7. The van der Waals surface area contributed by atoms with Gasteiger partial charge >= 0.3 is 5.97 Å². The van der Waals surface area contributed by atoms with Gasteiger partial charge in [0.05, 0.1) is 6.26 Å². The second-order valence-electron chi connectivity index (χ2n) is 2.38. The Morgan fingerprint density at radius 2 is 1.83 bits per heavy atom. The van der Waals surface area contributed by atoms with Crippen LogP contribution in [-0.4, -0.2) is 42.1 Å². The van der Waals surface area contributed by atoms with E-state index < -0.39 is 22.2 Å². The van der Waals surface area contributed by atoms with Gasteiger partial charge in [0.15, 0.2) is 6.10 Å². The Kier molecular flexibility index (Phi) is 3.60. The molecule has 0 rings (SSSR count). The Balaban J connectivity index is 4.41. The molecular formula is C5H12O6S. The SMILES string of the molecule is CCC(OS(C)(=O)=O)C(O)(O)O. The van der Waals surface area contributed by atoms with E-state index in [1.165, 1.54) is 6.92 Å². The van der Waals surface area contributed by atoms with Crippen LogP contribution in [0.1, 0.15) is 13.3 Å². The van der Waals surface area contributed by atoms with Gasteiger partial charge in [-0.05, 0) is 6.42 Å². The van der Waals surface area contributed by atoms with Crippen LogP contribution in [0.3, 0.4) is 0 Å². The van der Waals surface area contributed by atoms with Crippen LogP contribution in [0.25, 0.3) is 0 Å². The molecule has 0 aromatic heterocycles. The molecule has 3 N–H and O–H groups in total. The van der Waals surface area contributed by atoms with E-state index in [0.717, 1.165) is 6.26 Å². The lowest BCUT2D eigenvalue weighted by atomic mass is 10.2. The molecule has 7 heteroatoms. The predicted molar refractivity (Wildman–Crippen MR) is 39.4 cm³/mol. The molecule has 0 aromatic carbocycles. The predicted octanol–water partition coefficient (Wildman–Crippen LogP) is -1.63. The molecule has 0 saturated carbocycles. The number of aliphatic hydroxyl groups is 3. The summed E-state index contributed by atoms with van der Waals surface area (Å²) in [6, 6.07) is 0.